The summed E-state index contributed by atoms with van der Waals surface area (Å²) in [5.74, 6) is -2.88. The summed E-state index contributed by atoms with van der Waals surface area (Å²) in [6.45, 7) is 5.71. The lowest BCUT2D eigenvalue weighted by Crippen LogP contribution is -2.60. The number of benzene rings is 2. The highest BCUT2D eigenvalue weighted by atomic mass is 32.2. The van der Waals surface area contributed by atoms with Gasteiger partial charge in [0.2, 0.25) is 5.95 Å². The van der Waals surface area contributed by atoms with Crippen molar-refractivity contribution in [2.45, 2.75) is 49.7 Å². The van der Waals surface area contributed by atoms with Gasteiger partial charge in [0, 0.05) is 48.4 Å². The summed E-state index contributed by atoms with van der Waals surface area (Å²) in [6.07, 6.45) is 2.96. The first-order valence-electron chi connectivity index (χ1n) is 15.7. The molecule has 3 aliphatic rings. The normalized spacial score (nSPS) is 22.0. The lowest BCUT2D eigenvalue weighted by molar-refractivity contribution is 0.153. The van der Waals surface area contributed by atoms with Crippen molar-refractivity contribution in [3.8, 4) is 21.8 Å². The quantitative estimate of drug-likeness (QED) is 0.255. The highest BCUT2D eigenvalue weighted by Crippen LogP contribution is 2.51. The third kappa shape index (κ3) is 6.37. The van der Waals surface area contributed by atoms with E-state index >= 15 is 4.39 Å². The number of rotatable bonds is 8. The average molecular weight is 734 g/mol. The summed E-state index contributed by atoms with van der Waals surface area (Å²) in [5, 5.41) is 3.92. The van der Waals surface area contributed by atoms with Gasteiger partial charge >= 0.3 is 0 Å². The van der Waals surface area contributed by atoms with Gasteiger partial charge in [0.05, 0.1) is 33.5 Å². The molecule has 2 saturated heterocycles. The molecule has 3 fully saturated rings. The lowest BCUT2D eigenvalue weighted by Gasteiger charge is -2.53. The zero-order chi connectivity index (χ0) is 34.9. The van der Waals surface area contributed by atoms with Crippen LogP contribution in [0.1, 0.15) is 26.7 Å². The highest BCUT2D eigenvalue weighted by molar-refractivity contribution is 7.93. The SMILES string of the molecule is C[C@H]1CN(C)C[C@H](C)N1c1nc(-c2cccc(NS(=O)(=O)c3c(F)cccc3F)c2F)c(-c2ccnc(NC3CC4(C3)CS(=O)(=O)C4)n2)s1. The lowest BCUT2D eigenvalue weighted by atomic mass is 9.67. The second-order valence-corrected chi connectivity index (χ2v) is 18.0. The topological polar surface area (TPSA) is 137 Å². The number of hydrogen-bond donors (Lipinski definition) is 2. The van der Waals surface area contributed by atoms with E-state index in [0.717, 1.165) is 37.4 Å². The molecule has 49 heavy (non-hydrogen) atoms. The Hall–Kier alpha value is -3.80. The van der Waals surface area contributed by atoms with E-state index in [9.17, 15) is 25.6 Å². The van der Waals surface area contributed by atoms with E-state index in [2.05, 4.69) is 33.9 Å². The number of likely N-dealkylation sites (N-methyl/N-ethyl adjacent to an activating group) is 1. The molecule has 0 amide bonds. The van der Waals surface area contributed by atoms with Gasteiger partial charge in [-0.2, -0.15) is 0 Å². The zero-order valence-electron chi connectivity index (χ0n) is 26.8. The number of sulfonamides is 1. The predicted octanol–water partition coefficient (Wildman–Crippen LogP) is 5.00. The van der Waals surface area contributed by atoms with Crippen molar-refractivity contribution in [1.29, 1.82) is 0 Å². The molecule has 2 N–H and O–H groups in total. The van der Waals surface area contributed by atoms with E-state index in [0.29, 0.717) is 34.5 Å². The van der Waals surface area contributed by atoms with Crippen LogP contribution in [0.25, 0.3) is 21.8 Å². The molecule has 1 saturated carbocycles. The van der Waals surface area contributed by atoms with Crippen LogP contribution >= 0.6 is 11.3 Å². The first-order valence-corrected chi connectivity index (χ1v) is 19.8. The Morgan fingerprint density at radius 1 is 0.959 bits per heavy atom. The molecular formula is C32H34F3N7O4S3. The van der Waals surface area contributed by atoms with Gasteiger partial charge in [0.25, 0.3) is 10.0 Å². The fraction of sp³-hybridized carbons (Fsp3) is 0.406. The van der Waals surface area contributed by atoms with E-state index in [1.807, 2.05) is 11.8 Å². The van der Waals surface area contributed by atoms with Crippen molar-refractivity contribution in [2.24, 2.45) is 5.41 Å². The first-order chi connectivity index (χ1) is 23.1. The van der Waals surface area contributed by atoms with Gasteiger partial charge in [0.15, 0.2) is 25.7 Å². The van der Waals surface area contributed by atoms with Gasteiger partial charge < -0.3 is 15.1 Å². The Bertz CT molecular complexity index is 2110. The molecule has 2 aromatic heterocycles. The molecule has 0 radical (unpaired) electrons. The molecular weight excluding hydrogens is 700 g/mol. The number of sulfone groups is 1. The van der Waals surface area contributed by atoms with Crippen LogP contribution in [0.3, 0.4) is 0 Å². The zero-order valence-corrected chi connectivity index (χ0v) is 29.3. The van der Waals surface area contributed by atoms with Crippen LogP contribution < -0.4 is 14.9 Å². The fourth-order valence-corrected chi connectivity index (χ4v) is 12.1. The third-order valence-electron chi connectivity index (χ3n) is 9.26. The van der Waals surface area contributed by atoms with Crippen LogP contribution in [0.2, 0.25) is 0 Å². The van der Waals surface area contributed by atoms with Gasteiger partial charge in [0.1, 0.15) is 11.6 Å². The number of aromatic nitrogens is 3. The van der Waals surface area contributed by atoms with Crippen LogP contribution in [0.5, 0.6) is 0 Å². The van der Waals surface area contributed by atoms with E-state index in [-0.39, 0.29) is 46.3 Å². The number of halogens is 3. The molecule has 260 valence electrons. The minimum atomic E-state index is -4.85. The molecule has 2 aromatic carbocycles. The maximum Gasteiger partial charge on any atom is 0.267 e. The molecule has 1 aliphatic carbocycles. The van der Waals surface area contributed by atoms with Crippen molar-refractivity contribution in [2.75, 3.05) is 46.6 Å². The monoisotopic (exact) mass is 733 g/mol. The van der Waals surface area contributed by atoms with Crippen molar-refractivity contribution >= 4 is 48.0 Å². The Labute approximate surface area is 286 Å². The van der Waals surface area contributed by atoms with Gasteiger partial charge in [-0.05, 0) is 64.1 Å². The second-order valence-electron chi connectivity index (χ2n) is 13.4. The molecule has 4 heterocycles. The maximum absolute atomic E-state index is 16.4. The van der Waals surface area contributed by atoms with Crippen LogP contribution in [0.15, 0.2) is 53.6 Å². The van der Waals surface area contributed by atoms with E-state index in [1.54, 1.807) is 12.3 Å². The van der Waals surface area contributed by atoms with Gasteiger partial charge in [-0.25, -0.2) is 45.0 Å². The van der Waals surface area contributed by atoms with Gasteiger partial charge in [-0.15, -0.1) is 0 Å². The summed E-state index contributed by atoms with van der Waals surface area (Å²) in [7, 11) is -5.75. The molecule has 7 rings (SSSR count). The number of nitrogens with zero attached hydrogens (tertiary/aromatic N) is 5. The summed E-state index contributed by atoms with van der Waals surface area (Å²) < 4.78 is 96.8. The Morgan fingerprint density at radius 3 is 2.27 bits per heavy atom. The Morgan fingerprint density at radius 2 is 1.61 bits per heavy atom. The van der Waals surface area contributed by atoms with E-state index in [1.165, 1.54) is 23.5 Å². The number of hydrogen-bond acceptors (Lipinski definition) is 11. The largest absolute Gasteiger partial charge is 0.351 e. The number of nitrogens with one attached hydrogen (secondary N) is 2. The van der Waals surface area contributed by atoms with Crippen LogP contribution in [0, 0.1) is 22.9 Å². The minimum Gasteiger partial charge on any atom is -0.351 e. The van der Waals surface area contributed by atoms with Gasteiger partial charge in [-0.3, -0.25) is 4.72 Å². The van der Waals surface area contributed by atoms with E-state index in [4.69, 9.17) is 9.97 Å². The Balaban J connectivity index is 1.25. The third-order valence-corrected chi connectivity index (χ3v) is 13.9. The standard InChI is InChI=1S/C32H34F3N7O4S3/c1-18-14-41(3)15-19(2)42(18)31-39-27(21-6-4-9-24(26(21)35)40-49(45,46)29-22(33)7-5-8-23(29)34)28(47-31)25-10-11-36-30(38-25)37-20-12-32(13-20)16-48(43,44)17-32/h4-11,18-20,40H,12-17H2,1-3H3,(H,36,37,38)/t18-,19-/m0/s1. The molecule has 2 atom stereocenters. The number of thiazole rings is 1. The molecule has 11 nitrogen and oxygen atoms in total. The molecule has 1 spiro atoms. The second kappa shape index (κ2) is 12.2. The highest BCUT2D eigenvalue weighted by Gasteiger charge is 2.56. The molecule has 0 bridgehead atoms. The Kier molecular flexibility index (Phi) is 8.39. The minimum absolute atomic E-state index is 0.00992. The molecule has 4 aromatic rings. The van der Waals surface area contributed by atoms with Crippen molar-refractivity contribution in [3.63, 3.8) is 0 Å². The summed E-state index contributed by atoms with van der Waals surface area (Å²) in [6, 6.07) is 8.52. The smallest absolute Gasteiger partial charge is 0.267 e. The van der Waals surface area contributed by atoms with Crippen molar-refractivity contribution in [3.05, 3.63) is 66.1 Å². The molecule has 2 aliphatic heterocycles. The van der Waals surface area contributed by atoms with Crippen LogP contribution in [-0.2, 0) is 19.9 Å². The van der Waals surface area contributed by atoms with Crippen molar-refractivity contribution < 1.29 is 30.0 Å². The number of anilines is 3. The average Bonchev–Trinajstić information content (AvgIpc) is 3.40. The van der Waals surface area contributed by atoms with Crippen LogP contribution in [0.4, 0.5) is 29.9 Å². The number of piperazine rings is 1. The fourth-order valence-electron chi connectivity index (χ4n) is 7.42. The maximum atomic E-state index is 16.4. The summed E-state index contributed by atoms with van der Waals surface area (Å²) in [5.41, 5.74) is -0.0674. The first kappa shape index (κ1) is 33.7. The van der Waals surface area contributed by atoms with Crippen molar-refractivity contribution in [1.82, 2.24) is 19.9 Å². The summed E-state index contributed by atoms with van der Waals surface area (Å²) >= 11 is 1.32. The predicted molar refractivity (Wildman–Crippen MR) is 182 cm³/mol. The van der Waals surface area contributed by atoms with E-state index < -0.39 is 47.9 Å². The van der Waals surface area contributed by atoms with Crippen LogP contribution in [-0.4, -0.2) is 86.5 Å². The molecule has 0 unspecified atom stereocenters. The van der Waals surface area contributed by atoms with Gasteiger partial charge in [-0.1, -0.05) is 23.5 Å². The summed E-state index contributed by atoms with van der Waals surface area (Å²) in [4.78, 5) is 17.7. The molecule has 17 heteroatoms.